The van der Waals surface area contributed by atoms with Crippen molar-refractivity contribution >= 4 is 0 Å². The Hall–Kier alpha value is -1.18. The van der Waals surface area contributed by atoms with Gasteiger partial charge < -0.3 is 9.84 Å². The number of rotatable bonds is 5. The summed E-state index contributed by atoms with van der Waals surface area (Å²) in [6.45, 7) is 4.94. The van der Waals surface area contributed by atoms with Crippen molar-refractivity contribution < 1.29 is 9.84 Å². The van der Waals surface area contributed by atoms with Crippen LogP contribution >= 0.6 is 0 Å². The van der Waals surface area contributed by atoms with Gasteiger partial charge in [0.25, 0.3) is 0 Å². The van der Waals surface area contributed by atoms with Gasteiger partial charge in [0.05, 0.1) is 6.61 Å². The third kappa shape index (κ3) is 2.95. The van der Waals surface area contributed by atoms with E-state index in [0.29, 0.717) is 5.75 Å². The van der Waals surface area contributed by atoms with E-state index in [-0.39, 0.29) is 0 Å². The number of aryl methyl sites for hydroxylation is 1. The van der Waals surface area contributed by atoms with Crippen LogP contribution in [0.25, 0.3) is 0 Å². The molecule has 1 aromatic carbocycles. The third-order valence-electron chi connectivity index (χ3n) is 2.03. The summed E-state index contributed by atoms with van der Waals surface area (Å²) in [4.78, 5) is 0. The van der Waals surface area contributed by atoms with Crippen molar-refractivity contribution in [2.45, 2.75) is 33.1 Å². The van der Waals surface area contributed by atoms with Crippen LogP contribution in [0.4, 0.5) is 0 Å². The van der Waals surface area contributed by atoms with E-state index in [0.717, 1.165) is 37.2 Å². The largest absolute Gasteiger partial charge is 0.508 e. The number of benzene rings is 1. The Kier molecular flexibility index (Phi) is 4.30. The van der Waals surface area contributed by atoms with E-state index in [1.165, 1.54) is 0 Å². The molecule has 1 rings (SSSR count). The molecule has 1 N–H and O–H groups in total. The second kappa shape index (κ2) is 5.53. The zero-order valence-electron chi connectivity index (χ0n) is 8.92. The highest BCUT2D eigenvalue weighted by Crippen LogP contribution is 2.24. The van der Waals surface area contributed by atoms with Gasteiger partial charge in [-0.15, -0.1) is 0 Å². The van der Waals surface area contributed by atoms with Gasteiger partial charge in [0, 0.05) is 0 Å². The topological polar surface area (TPSA) is 29.5 Å². The summed E-state index contributed by atoms with van der Waals surface area (Å²) in [5, 5.41) is 9.33. The van der Waals surface area contributed by atoms with Gasteiger partial charge in [-0.1, -0.05) is 20.3 Å². The molecule has 0 fully saturated rings. The van der Waals surface area contributed by atoms with Crippen LogP contribution in [0.2, 0.25) is 0 Å². The maximum atomic E-state index is 9.33. The van der Waals surface area contributed by atoms with Crippen molar-refractivity contribution in [1.29, 1.82) is 0 Å². The maximum Gasteiger partial charge on any atom is 0.122 e. The summed E-state index contributed by atoms with van der Waals surface area (Å²) in [5.41, 5.74) is 1.10. The lowest BCUT2D eigenvalue weighted by Crippen LogP contribution is -1.98. The number of phenols is 1. The fourth-order valence-corrected chi connectivity index (χ4v) is 1.38. The van der Waals surface area contributed by atoms with E-state index in [1.807, 2.05) is 6.07 Å². The van der Waals surface area contributed by atoms with Crippen LogP contribution in [-0.2, 0) is 6.42 Å². The smallest absolute Gasteiger partial charge is 0.122 e. The first-order valence-electron chi connectivity index (χ1n) is 5.22. The molecule has 0 heterocycles. The number of phenolic OH excluding ortho intramolecular Hbond substituents is 1. The molecule has 0 aliphatic heterocycles. The summed E-state index contributed by atoms with van der Waals surface area (Å²) in [5.74, 6) is 1.23. The Morgan fingerprint density at radius 1 is 1.21 bits per heavy atom. The van der Waals surface area contributed by atoms with Crippen molar-refractivity contribution in [2.24, 2.45) is 0 Å². The molecule has 0 bridgehead atoms. The second-order valence-corrected chi connectivity index (χ2v) is 3.39. The molecule has 78 valence electrons. The van der Waals surface area contributed by atoms with E-state index >= 15 is 0 Å². The minimum absolute atomic E-state index is 0.317. The number of hydrogen-bond donors (Lipinski definition) is 1. The van der Waals surface area contributed by atoms with E-state index < -0.39 is 0 Å². The van der Waals surface area contributed by atoms with Crippen molar-refractivity contribution in [1.82, 2.24) is 0 Å². The zero-order valence-corrected chi connectivity index (χ0v) is 8.92. The van der Waals surface area contributed by atoms with Crippen LogP contribution in [0.5, 0.6) is 11.5 Å². The summed E-state index contributed by atoms with van der Waals surface area (Å²) in [6.07, 6.45) is 3.02. The van der Waals surface area contributed by atoms with Crippen molar-refractivity contribution in [3.8, 4) is 11.5 Å². The van der Waals surface area contributed by atoms with E-state index in [1.54, 1.807) is 12.1 Å². The normalized spacial score (nSPS) is 10.1. The summed E-state index contributed by atoms with van der Waals surface area (Å²) < 4.78 is 5.58. The summed E-state index contributed by atoms with van der Waals surface area (Å²) in [6, 6.07) is 5.30. The molecule has 2 nitrogen and oxygen atoms in total. The fraction of sp³-hybridized carbons (Fsp3) is 0.500. The van der Waals surface area contributed by atoms with Gasteiger partial charge in [-0.25, -0.2) is 0 Å². The molecule has 0 aliphatic carbocycles. The van der Waals surface area contributed by atoms with Crippen molar-refractivity contribution in [2.75, 3.05) is 6.61 Å². The molecule has 0 saturated heterocycles. The average Bonchev–Trinajstić information content (AvgIpc) is 2.17. The molecular weight excluding hydrogens is 176 g/mol. The van der Waals surface area contributed by atoms with Crippen LogP contribution < -0.4 is 4.74 Å². The first-order valence-corrected chi connectivity index (χ1v) is 5.22. The Balaban J connectivity index is 2.78. The third-order valence-corrected chi connectivity index (χ3v) is 2.03. The molecule has 0 saturated carbocycles. The average molecular weight is 194 g/mol. The maximum absolute atomic E-state index is 9.33. The van der Waals surface area contributed by atoms with Gasteiger partial charge in [0.1, 0.15) is 11.5 Å². The molecule has 0 aromatic heterocycles. The molecule has 0 aliphatic rings. The monoisotopic (exact) mass is 194 g/mol. The Labute approximate surface area is 85.5 Å². The molecular formula is C12H18O2. The minimum atomic E-state index is 0.317. The minimum Gasteiger partial charge on any atom is -0.508 e. The lowest BCUT2D eigenvalue weighted by atomic mass is 10.1. The Morgan fingerprint density at radius 2 is 2.00 bits per heavy atom. The molecule has 0 amide bonds. The second-order valence-electron chi connectivity index (χ2n) is 3.39. The van der Waals surface area contributed by atoms with Crippen LogP contribution in [0.15, 0.2) is 18.2 Å². The first kappa shape index (κ1) is 10.9. The highest BCUT2D eigenvalue weighted by atomic mass is 16.5. The van der Waals surface area contributed by atoms with Gasteiger partial charge in [-0.05, 0) is 36.6 Å². The first-order chi connectivity index (χ1) is 6.77. The fourth-order valence-electron chi connectivity index (χ4n) is 1.38. The molecule has 2 heteroatoms. The number of aromatic hydroxyl groups is 1. The van der Waals surface area contributed by atoms with Crippen LogP contribution in [0.1, 0.15) is 32.3 Å². The van der Waals surface area contributed by atoms with E-state index in [2.05, 4.69) is 13.8 Å². The molecule has 0 radical (unpaired) electrons. The van der Waals surface area contributed by atoms with Crippen LogP contribution in [-0.4, -0.2) is 11.7 Å². The van der Waals surface area contributed by atoms with Crippen molar-refractivity contribution in [3.63, 3.8) is 0 Å². The van der Waals surface area contributed by atoms with E-state index in [9.17, 15) is 5.11 Å². The SMILES string of the molecule is CCCOc1ccc(O)cc1CCC. The molecule has 0 atom stereocenters. The van der Waals surface area contributed by atoms with Gasteiger partial charge in [0.2, 0.25) is 0 Å². The standard InChI is InChI=1S/C12H18O2/c1-3-5-10-9-11(13)6-7-12(10)14-8-4-2/h6-7,9,13H,3-5,8H2,1-2H3. The Bertz CT molecular complexity index is 282. The van der Waals surface area contributed by atoms with E-state index in [4.69, 9.17) is 4.74 Å². The van der Waals surface area contributed by atoms with Gasteiger partial charge in [-0.2, -0.15) is 0 Å². The predicted molar refractivity (Wildman–Crippen MR) is 57.9 cm³/mol. The Morgan fingerprint density at radius 3 is 2.64 bits per heavy atom. The summed E-state index contributed by atoms with van der Waals surface area (Å²) >= 11 is 0. The zero-order chi connectivity index (χ0) is 10.4. The molecule has 14 heavy (non-hydrogen) atoms. The van der Waals surface area contributed by atoms with Gasteiger partial charge >= 0.3 is 0 Å². The van der Waals surface area contributed by atoms with Crippen molar-refractivity contribution in [3.05, 3.63) is 23.8 Å². The summed E-state index contributed by atoms with van der Waals surface area (Å²) in [7, 11) is 0. The lowest BCUT2D eigenvalue weighted by molar-refractivity contribution is 0.313. The predicted octanol–water partition coefficient (Wildman–Crippen LogP) is 3.13. The number of ether oxygens (including phenoxy) is 1. The van der Waals surface area contributed by atoms with Crippen LogP contribution in [0.3, 0.4) is 0 Å². The van der Waals surface area contributed by atoms with Gasteiger partial charge in [0.15, 0.2) is 0 Å². The highest BCUT2D eigenvalue weighted by Gasteiger charge is 2.03. The molecule has 0 spiro atoms. The van der Waals surface area contributed by atoms with Crippen LogP contribution in [0, 0.1) is 0 Å². The quantitative estimate of drug-likeness (QED) is 0.780. The number of hydrogen-bond acceptors (Lipinski definition) is 2. The van der Waals surface area contributed by atoms with Gasteiger partial charge in [-0.3, -0.25) is 0 Å². The lowest BCUT2D eigenvalue weighted by Gasteiger charge is -2.10. The molecule has 0 unspecified atom stereocenters. The highest BCUT2D eigenvalue weighted by molar-refractivity contribution is 5.39. The molecule has 1 aromatic rings.